The van der Waals surface area contributed by atoms with Gasteiger partial charge >= 0.3 is 6.18 Å². The van der Waals surface area contributed by atoms with Crippen molar-refractivity contribution in [3.63, 3.8) is 0 Å². The van der Waals surface area contributed by atoms with Gasteiger partial charge in [0.25, 0.3) is 5.43 Å². The molecule has 1 aromatic heterocycles. The van der Waals surface area contributed by atoms with Crippen molar-refractivity contribution in [1.82, 2.24) is 9.78 Å². The molecule has 0 aliphatic heterocycles. The van der Waals surface area contributed by atoms with Crippen LogP contribution in [0.15, 0.2) is 82.9 Å². The van der Waals surface area contributed by atoms with Gasteiger partial charge in [0.05, 0.1) is 35.5 Å². The SMILES string of the molecule is CCOc1cn(-c2cccc(C(F)(F)F)c2)nc(C(C=CN)=Nc2ccccc2)c1=O. The van der Waals surface area contributed by atoms with Gasteiger partial charge in [-0.1, -0.05) is 24.3 Å². The average molecular weight is 428 g/mol. The summed E-state index contributed by atoms with van der Waals surface area (Å²) in [6.07, 6.45) is -0.687. The Balaban J connectivity index is 2.22. The van der Waals surface area contributed by atoms with E-state index in [9.17, 15) is 18.0 Å². The highest BCUT2D eigenvalue weighted by molar-refractivity contribution is 6.08. The monoisotopic (exact) mass is 428 g/mol. The van der Waals surface area contributed by atoms with E-state index in [1.54, 1.807) is 31.2 Å². The number of allylic oxidation sites excluding steroid dienone is 1. The molecule has 0 aliphatic carbocycles. The number of ether oxygens (including phenoxy) is 1. The molecule has 0 amide bonds. The molecule has 0 spiro atoms. The summed E-state index contributed by atoms with van der Waals surface area (Å²) in [4.78, 5) is 17.3. The first-order chi connectivity index (χ1) is 14.8. The molecule has 0 saturated heterocycles. The molecule has 6 nitrogen and oxygen atoms in total. The minimum Gasteiger partial charge on any atom is -0.488 e. The lowest BCUT2D eigenvalue weighted by atomic mass is 10.2. The zero-order valence-corrected chi connectivity index (χ0v) is 16.5. The van der Waals surface area contributed by atoms with Crippen LogP contribution in [0.3, 0.4) is 0 Å². The topological polar surface area (TPSA) is 82.5 Å². The number of hydrogen-bond acceptors (Lipinski definition) is 5. The van der Waals surface area contributed by atoms with Crippen molar-refractivity contribution in [3.8, 4) is 11.4 Å². The van der Waals surface area contributed by atoms with Crippen LogP contribution in [0.4, 0.5) is 18.9 Å². The first kappa shape index (κ1) is 21.8. The first-order valence-electron chi connectivity index (χ1n) is 9.30. The standard InChI is InChI=1S/C22H19F3N4O2/c1-2-31-19-14-29(17-10-6-7-15(13-17)22(23,24)25)28-20(21(19)30)18(11-12-26)27-16-8-4-3-5-9-16/h3-14H,2,26H2,1H3. The third-order valence-electron chi connectivity index (χ3n) is 4.13. The molecule has 0 bridgehead atoms. The van der Waals surface area contributed by atoms with Crippen LogP contribution in [0, 0.1) is 0 Å². The normalized spacial score (nSPS) is 12.3. The Bertz CT molecular complexity index is 1170. The quantitative estimate of drug-likeness (QED) is 0.596. The molecular formula is C22H19F3N4O2. The summed E-state index contributed by atoms with van der Waals surface area (Å²) in [6, 6.07) is 13.4. The van der Waals surface area contributed by atoms with Gasteiger partial charge < -0.3 is 10.5 Å². The highest BCUT2D eigenvalue weighted by Gasteiger charge is 2.30. The van der Waals surface area contributed by atoms with Crippen molar-refractivity contribution in [3.05, 3.63) is 94.6 Å². The molecule has 3 rings (SSSR count). The van der Waals surface area contributed by atoms with Crippen molar-refractivity contribution in [2.45, 2.75) is 13.1 Å². The van der Waals surface area contributed by atoms with Gasteiger partial charge in [0.15, 0.2) is 11.4 Å². The summed E-state index contributed by atoms with van der Waals surface area (Å²) < 4.78 is 46.0. The third kappa shape index (κ3) is 5.19. The second-order valence-electron chi connectivity index (χ2n) is 6.29. The molecule has 160 valence electrons. The first-order valence-corrected chi connectivity index (χ1v) is 9.30. The Morgan fingerprint density at radius 3 is 2.58 bits per heavy atom. The second kappa shape index (κ2) is 9.29. The Morgan fingerprint density at radius 2 is 1.94 bits per heavy atom. The number of alkyl halides is 3. The van der Waals surface area contributed by atoms with Crippen LogP contribution in [0.5, 0.6) is 5.75 Å². The largest absolute Gasteiger partial charge is 0.488 e. The highest BCUT2D eigenvalue weighted by atomic mass is 19.4. The Kier molecular flexibility index (Phi) is 6.54. The number of benzene rings is 2. The van der Waals surface area contributed by atoms with Crippen molar-refractivity contribution >= 4 is 11.4 Å². The number of rotatable bonds is 6. The summed E-state index contributed by atoms with van der Waals surface area (Å²) in [5, 5.41) is 4.24. The Morgan fingerprint density at radius 1 is 1.19 bits per heavy atom. The molecule has 0 aliphatic rings. The summed E-state index contributed by atoms with van der Waals surface area (Å²) in [5.41, 5.74) is 4.80. The molecule has 2 N–H and O–H groups in total. The maximum atomic E-state index is 13.2. The van der Waals surface area contributed by atoms with E-state index < -0.39 is 17.2 Å². The van der Waals surface area contributed by atoms with Gasteiger partial charge in [0.2, 0.25) is 0 Å². The lowest BCUT2D eigenvalue weighted by molar-refractivity contribution is -0.137. The minimum atomic E-state index is -4.52. The minimum absolute atomic E-state index is 0.0731. The predicted molar refractivity (Wildman–Crippen MR) is 112 cm³/mol. The fourth-order valence-electron chi connectivity index (χ4n) is 2.75. The molecule has 3 aromatic rings. The smallest absolute Gasteiger partial charge is 0.416 e. The maximum absolute atomic E-state index is 13.2. The summed E-state index contributed by atoms with van der Waals surface area (Å²) in [6.45, 7) is 1.87. The molecule has 0 fully saturated rings. The van der Waals surface area contributed by atoms with Crippen LogP contribution in [0.2, 0.25) is 0 Å². The Labute approximate surface area is 176 Å². The number of aliphatic imine (C=N–C) groups is 1. The van der Waals surface area contributed by atoms with E-state index in [1.807, 2.05) is 6.07 Å². The van der Waals surface area contributed by atoms with Crippen LogP contribution < -0.4 is 15.9 Å². The molecule has 1 heterocycles. The van der Waals surface area contributed by atoms with E-state index in [1.165, 1.54) is 30.6 Å². The van der Waals surface area contributed by atoms with Gasteiger partial charge in [-0.05, 0) is 49.5 Å². The Hall–Kier alpha value is -3.88. The second-order valence-corrected chi connectivity index (χ2v) is 6.29. The van der Waals surface area contributed by atoms with Crippen molar-refractivity contribution in [2.75, 3.05) is 6.61 Å². The summed E-state index contributed by atoms with van der Waals surface area (Å²) in [5.74, 6) is -0.0731. The maximum Gasteiger partial charge on any atom is 0.416 e. The number of nitrogens with zero attached hydrogens (tertiary/aromatic N) is 3. The van der Waals surface area contributed by atoms with E-state index in [4.69, 9.17) is 10.5 Å². The van der Waals surface area contributed by atoms with Crippen molar-refractivity contribution in [1.29, 1.82) is 0 Å². The fraction of sp³-hybridized carbons (Fsp3) is 0.136. The summed E-state index contributed by atoms with van der Waals surface area (Å²) in [7, 11) is 0. The van der Waals surface area contributed by atoms with E-state index in [0.29, 0.717) is 5.69 Å². The molecule has 0 saturated carbocycles. The predicted octanol–water partition coefficient (Wildman–Crippen LogP) is 4.24. The number of nitrogens with two attached hydrogens (primary N) is 1. The lowest BCUT2D eigenvalue weighted by Gasteiger charge is -2.13. The third-order valence-corrected chi connectivity index (χ3v) is 4.13. The van der Waals surface area contributed by atoms with Gasteiger partial charge in [-0.2, -0.15) is 18.3 Å². The molecule has 0 unspecified atom stereocenters. The van der Waals surface area contributed by atoms with Gasteiger partial charge in [-0.25, -0.2) is 9.67 Å². The van der Waals surface area contributed by atoms with Crippen LogP contribution in [-0.4, -0.2) is 22.1 Å². The van der Waals surface area contributed by atoms with Crippen LogP contribution in [-0.2, 0) is 6.18 Å². The number of aromatic nitrogens is 2. The molecule has 9 heteroatoms. The summed E-state index contributed by atoms with van der Waals surface area (Å²) >= 11 is 0. The average Bonchev–Trinajstić information content (AvgIpc) is 2.75. The molecule has 31 heavy (non-hydrogen) atoms. The highest BCUT2D eigenvalue weighted by Crippen LogP contribution is 2.30. The van der Waals surface area contributed by atoms with Gasteiger partial charge in [0.1, 0.15) is 0 Å². The number of halogens is 3. The zero-order chi connectivity index (χ0) is 22.4. The van der Waals surface area contributed by atoms with Crippen LogP contribution in [0.1, 0.15) is 18.2 Å². The van der Waals surface area contributed by atoms with E-state index in [2.05, 4.69) is 10.1 Å². The van der Waals surface area contributed by atoms with Crippen molar-refractivity contribution < 1.29 is 17.9 Å². The number of para-hydroxylation sites is 1. The lowest BCUT2D eigenvalue weighted by Crippen LogP contribution is -2.23. The fourth-order valence-corrected chi connectivity index (χ4v) is 2.75. The van der Waals surface area contributed by atoms with Gasteiger partial charge in [-0.3, -0.25) is 4.79 Å². The van der Waals surface area contributed by atoms with E-state index in [-0.39, 0.29) is 29.4 Å². The molecular weight excluding hydrogens is 409 g/mol. The van der Waals surface area contributed by atoms with Crippen LogP contribution >= 0.6 is 0 Å². The van der Waals surface area contributed by atoms with E-state index >= 15 is 0 Å². The molecule has 0 radical (unpaired) electrons. The van der Waals surface area contributed by atoms with E-state index in [0.717, 1.165) is 16.8 Å². The molecule has 0 atom stereocenters. The zero-order valence-electron chi connectivity index (χ0n) is 16.5. The van der Waals surface area contributed by atoms with Gasteiger partial charge in [-0.15, -0.1) is 0 Å². The molecule has 2 aromatic carbocycles. The van der Waals surface area contributed by atoms with Gasteiger partial charge in [0, 0.05) is 0 Å². The number of hydrogen-bond donors (Lipinski definition) is 1. The van der Waals surface area contributed by atoms with Crippen molar-refractivity contribution in [2.24, 2.45) is 10.7 Å². The van der Waals surface area contributed by atoms with Crippen LogP contribution in [0.25, 0.3) is 5.69 Å².